The molecule has 0 saturated carbocycles. The van der Waals surface area contributed by atoms with E-state index >= 15 is 0 Å². The van der Waals surface area contributed by atoms with E-state index in [1.54, 1.807) is 26.2 Å². The van der Waals surface area contributed by atoms with E-state index in [0.717, 1.165) is 37.7 Å². The van der Waals surface area contributed by atoms with Crippen LogP contribution >= 0.6 is 0 Å². The Bertz CT molecular complexity index is 903. The summed E-state index contributed by atoms with van der Waals surface area (Å²) < 4.78 is 52.1. The topological polar surface area (TPSA) is 67.9 Å². The van der Waals surface area contributed by atoms with Crippen molar-refractivity contribution < 1.29 is 22.3 Å². The van der Waals surface area contributed by atoms with Crippen LogP contribution in [0.25, 0.3) is 0 Å². The van der Waals surface area contributed by atoms with Gasteiger partial charge >= 0.3 is 0 Å². The molecule has 0 amide bonds. The maximum atomic E-state index is 14.0. The van der Waals surface area contributed by atoms with E-state index in [2.05, 4.69) is 9.62 Å². The van der Waals surface area contributed by atoms with Crippen molar-refractivity contribution >= 4 is 21.4 Å². The summed E-state index contributed by atoms with van der Waals surface area (Å²) in [5.74, 6) is -0.681. The number of hydrogen-bond acceptors (Lipinski definition) is 5. The van der Waals surface area contributed by atoms with E-state index in [0.29, 0.717) is 12.3 Å². The van der Waals surface area contributed by atoms with Crippen molar-refractivity contribution in [3.8, 4) is 5.75 Å². The predicted octanol–water partition coefficient (Wildman–Crippen LogP) is 3.64. The summed E-state index contributed by atoms with van der Waals surface area (Å²) in [7, 11) is -2.18. The minimum absolute atomic E-state index is 0.0293. The first kappa shape index (κ1) is 20.4. The van der Waals surface area contributed by atoms with Gasteiger partial charge in [0.15, 0.2) is 11.6 Å². The van der Waals surface area contributed by atoms with E-state index in [-0.39, 0.29) is 16.7 Å². The number of sulfonamides is 1. The minimum Gasteiger partial charge on any atom is -0.491 e. The molecule has 1 aliphatic rings. The third-order valence-electron chi connectivity index (χ3n) is 4.71. The van der Waals surface area contributed by atoms with Crippen molar-refractivity contribution in [2.45, 2.75) is 30.8 Å². The second-order valence-electron chi connectivity index (χ2n) is 6.62. The molecule has 1 N–H and O–H groups in total. The highest BCUT2D eigenvalue weighted by Gasteiger charge is 2.20. The number of ether oxygens (including phenoxy) is 2. The lowest BCUT2D eigenvalue weighted by molar-refractivity contribution is 0.0893. The largest absolute Gasteiger partial charge is 0.491 e. The van der Waals surface area contributed by atoms with Crippen LogP contribution in [0.4, 0.5) is 15.8 Å². The Morgan fingerprint density at radius 1 is 1.21 bits per heavy atom. The van der Waals surface area contributed by atoms with Crippen LogP contribution in [-0.2, 0) is 14.8 Å². The summed E-state index contributed by atoms with van der Waals surface area (Å²) in [6.45, 7) is 3.79. The second kappa shape index (κ2) is 8.79. The lowest BCUT2D eigenvalue weighted by Gasteiger charge is -2.33. The van der Waals surface area contributed by atoms with Gasteiger partial charge in [-0.25, -0.2) is 12.8 Å². The Balaban J connectivity index is 1.71. The number of halogens is 1. The fourth-order valence-electron chi connectivity index (χ4n) is 3.24. The highest BCUT2D eigenvalue weighted by atomic mass is 32.2. The number of nitrogens with zero attached hydrogens (tertiary/aromatic N) is 1. The van der Waals surface area contributed by atoms with Crippen LogP contribution < -0.4 is 14.4 Å². The predicted molar refractivity (Wildman–Crippen MR) is 107 cm³/mol. The summed E-state index contributed by atoms with van der Waals surface area (Å²) in [6.07, 6.45) is 2.31. The van der Waals surface area contributed by atoms with Crippen molar-refractivity contribution in [1.82, 2.24) is 0 Å². The van der Waals surface area contributed by atoms with Crippen LogP contribution in [0.1, 0.15) is 19.8 Å². The molecule has 0 radical (unpaired) electrons. The molecule has 1 heterocycles. The number of piperidine rings is 1. The summed E-state index contributed by atoms with van der Waals surface area (Å²) >= 11 is 0. The Morgan fingerprint density at radius 2 is 1.96 bits per heavy atom. The monoisotopic (exact) mass is 408 g/mol. The fraction of sp³-hybridized carbons (Fsp3) is 0.400. The molecule has 2 aromatic rings. The zero-order valence-corrected chi connectivity index (χ0v) is 16.8. The first-order valence-corrected chi connectivity index (χ1v) is 10.7. The van der Waals surface area contributed by atoms with E-state index in [1.165, 1.54) is 12.1 Å². The normalized spacial score (nSPS) is 17.4. The molecule has 0 aliphatic carbocycles. The fourth-order valence-corrected chi connectivity index (χ4v) is 4.31. The number of methoxy groups -OCH3 is 1. The zero-order chi connectivity index (χ0) is 20.1. The van der Waals surface area contributed by atoms with Crippen LogP contribution in [-0.4, -0.2) is 41.3 Å². The van der Waals surface area contributed by atoms with Gasteiger partial charge in [-0.05, 0) is 62.2 Å². The van der Waals surface area contributed by atoms with Crippen molar-refractivity contribution in [2.75, 3.05) is 36.4 Å². The van der Waals surface area contributed by atoms with Crippen LogP contribution in [0.2, 0.25) is 0 Å². The number of benzene rings is 2. The second-order valence-corrected chi connectivity index (χ2v) is 8.31. The average molecular weight is 408 g/mol. The molecule has 8 heteroatoms. The van der Waals surface area contributed by atoms with Crippen LogP contribution in [0.3, 0.4) is 0 Å². The maximum absolute atomic E-state index is 14.0. The SMILES string of the molecule is CCOc1ccc(S(=O)(=O)Nc2ccc(N3CCCC(OC)C3)cc2)cc1F. The van der Waals surface area contributed by atoms with E-state index in [9.17, 15) is 12.8 Å². The number of rotatable bonds is 7. The van der Waals surface area contributed by atoms with Crippen molar-refractivity contribution in [3.05, 3.63) is 48.3 Å². The molecule has 0 spiro atoms. The molecule has 152 valence electrons. The number of nitrogens with one attached hydrogen (secondary N) is 1. The third kappa shape index (κ3) is 4.74. The highest BCUT2D eigenvalue weighted by molar-refractivity contribution is 7.92. The van der Waals surface area contributed by atoms with Gasteiger partial charge < -0.3 is 14.4 Å². The molecular weight excluding hydrogens is 383 g/mol. The third-order valence-corrected chi connectivity index (χ3v) is 6.09. The van der Waals surface area contributed by atoms with E-state index < -0.39 is 15.8 Å². The number of hydrogen-bond donors (Lipinski definition) is 1. The van der Waals surface area contributed by atoms with Crippen molar-refractivity contribution in [1.29, 1.82) is 0 Å². The zero-order valence-electron chi connectivity index (χ0n) is 16.0. The summed E-state index contributed by atoms with van der Waals surface area (Å²) in [6, 6.07) is 10.7. The Kier molecular flexibility index (Phi) is 6.41. The molecule has 1 aliphatic heterocycles. The molecule has 0 bridgehead atoms. The molecule has 1 saturated heterocycles. The molecule has 6 nitrogen and oxygen atoms in total. The quantitative estimate of drug-likeness (QED) is 0.758. The van der Waals surface area contributed by atoms with Gasteiger partial charge in [0.2, 0.25) is 0 Å². The van der Waals surface area contributed by atoms with Gasteiger partial charge in [0.05, 0.1) is 17.6 Å². The molecule has 2 aromatic carbocycles. The first-order valence-electron chi connectivity index (χ1n) is 9.26. The minimum atomic E-state index is -3.90. The summed E-state index contributed by atoms with van der Waals surface area (Å²) in [5, 5.41) is 0. The molecule has 28 heavy (non-hydrogen) atoms. The summed E-state index contributed by atoms with van der Waals surface area (Å²) in [4.78, 5) is 2.06. The standard InChI is InChI=1S/C20H25FN2O4S/c1-3-27-20-11-10-18(13-19(20)21)28(24,25)22-15-6-8-16(9-7-15)23-12-4-5-17(14-23)26-2/h6-11,13,17,22H,3-5,12,14H2,1-2H3. The van der Waals surface area contributed by atoms with Crippen LogP contribution in [0, 0.1) is 5.82 Å². The summed E-state index contributed by atoms with van der Waals surface area (Å²) in [5.41, 5.74) is 1.43. The highest BCUT2D eigenvalue weighted by Crippen LogP contribution is 2.26. The molecule has 1 atom stereocenters. The molecule has 3 rings (SSSR count). The first-order chi connectivity index (χ1) is 13.4. The lowest BCUT2D eigenvalue weighted by Crippen LogP contribution is -2.39. The van der Waals surface area contributed by atoms with Crippen LogP contribution in [0.15, 0.2) is 47.4 Å². The molecular formula is C20H25FN2O4S. The van der Waals surface area contributed by atoms with Gasteiger partial charge in [0.25, 0.3) is 10.0 Å². The Labute approximate surface area is 165 Å². The lowest BCUT2D eigenvalue weighted by atomic mass is 10.1. The smallest absolute Gasteiger partial charge is 0.262 e. The van der Waals surface area contributed by atoms with Crippen molar-refractivity contribution in [3.63, 3.8) is 0 Å². The molecule has 0 aromatic heterocycles. The Hall–Kier alpha value is -2.32. The van der Waals surface area contributed by atoms with E-state index in [1.807, 2.05) is 12.1 Å². The van der Waals surface area contributed by atoms with Gasteiger partial charge in [-0.3, -0.25) is 4.72 Å². The maximum Gasteiger partial charge on any atom is 0.262 e. The average Bonchev–Trinajstić information content (AvgIpc) is 2.70. The van der Waals surface area contributed by atoms with Gasteiger partial charge in [0, 0.05) is 31.6 Å². The Morgan fingerprint density at radius 3 is 2.61 bits per heavy atom. The van der Waals surface area contributed by atoms with E-state index in [4.69, 9.17) is 9.47 Å². The molecule has 1 unspecified atom stereocenters. The molecule has 1 fully saturated rings. The number of anilines is 2. The van der Waals surface area contributed by atoms with Gasteiger partial charge in [-0.2, -0.15) is 0 Å². The van der Waals surface area contributed by atoms with Gasteiger partial charge in [0.1, 0.15) is 0 Å². The van der Waals surface area contributed by atoms with Gasteiger partial charge in [-0.15, -0.1) is 0 Å². The van der Waals surface area contributed by atoms with Crippen molar-refractivity contribution in [2.24, 2.45) is 0 Å². The van der Waals surface area contributed by atoms with Gasteiger partial charge in [-0.1, -0.05) is 0 Å². The van der Waals surface area contributed by atoms with Crippen LogP contribution in [0.5, 0.6) is 5.75 Å².